The Labute approximate surface area is 180 Å². The van der Waals surface area contributed by atoms with Crippen molar-refractivity contribution in [1.82, 2.24) is 24.8 Å². The van der Waals surface area contributed by atoms with Crippen molar-refractivity contribution in [1.29, 1.82) is 0 Å². The molecule has 0 N–H and O–H groups in total. The fourth-order valence-electron chi connectivity index (χ4n) is 4.04. The molecule has 1 fully saturated rings. The summed E-state index contributed by atoms with van der Waals surface area (Å²) in [5, 5.41) is 0.967. The van der Waals surface area contributed by atoms with Crippen LogP contribution in [0, 0.1) is 0 Å². The summed E-state index contributed by atoms with van der Waals surface area (Å²) in [5.41, 5.74) is 3.71. The fraction of sp³-hybridized carbons (Fsp3) is 0.304. The largest absolute Gasteiger partial charge is 0.493 e. The van der Waals surface area contributed by atoms with Gasteiger partial charge in [-0.05, 0) is 18.2 Å². The summed E-state index contributed by atoms with van der Waals surface area (Å²) in [7, 11) is 3.27. The molecule has 0 amide bonds. The zero-order chi connectivity index (χ0) is 21.2. The highest BCUT2D eigenvalue weighted by atomic mass is 16.5. The van der Waals surface area contributed by atoms with Gasteiger partial charge in [0.25, 0.3) is 0 Å². The van der Waals surface area contributed by atoms with Crippen LogP contribution in [0.15, 0.2) is 48.9 Å². The molecule has 0 atom stereocenters. The Morgan fingerprint density at radius 2 is 1.58 bits per heavy atom. The van der Waals surface area contributed by atoms with Crippen LogP contribution in [-0.4, -0.2) is 65.2 Å². The third kappa shape index (κ3) is 3.82. The average molecular weight is 416 g/mol. The Balaban J connectivity index is 1.32. The summed E-state index contributed by atoms with van der Waals surface area (Å²) in [6.45, 7) is 4.39. The topological polar surface area (TPSA) is 76.5 Å². The van der Waals surface area contributed by atoms with E-state index in [0.29, 0.717) is 11.5 Å². The Morgan fingerprint density at radius 1 is 0.839 bits per heavy atom. The van der Waals surface area contributed by atoms with Crippen molar-refractivity contribution < 1.29 is 9.47 Å². The smallest absolute Gasteiger partial charge is 0.162 e. The molecule has 2 aromatic heterocycles. The second kappa shape index (κ2) is 8.31. The predicted molar refractivity (Wildman–Crippen MR) is 120 cm³/mol. The van der Waals surface area contributed by atoms with Crippen molar-refractivity contribution in [2.45, 2.75) is 6.54 Å². The molecule has 8 heteroatoms. The summed E-state index contributed by atoms with van der Waals surface area (Å²) in [4.78, 5) is 23.0. The predicted octanol–water partition coefficient (Wildman–Crippen LogP) is 2.91. The van der Waals surface area contributed by atoms with Crippen LogP contribution < -0.4 is 14.4 Å². The first-order valence-electron chi connectivity index (χ1n) is 10.3. The van der Waals surface area contributed by atoms with E-state index in [9.17, 15) is 0 Å². The number of anilines is 1. The number of hydrogen-bond acceptors (Lipinski definition) is 8. The minimum absolute atomic E-state index is 0.668. The second-order valence-electron chi connectivity index (χ2n) is 7.53. The van der Waals surface area contributed by atoms with Crippen LogP contribution in [-0.2, 0) is 6.54 Å². The van der Waals surface area contributed by atoms with E-state index in [2.05, 4.69) is 24.8 Å². The van der Waals surface area contributed by atoms with Crippen molar-refractivity contribution in [2.24, 2.45) is 0 Å². The normalized spacial score (nSPS) is 14.8. The highest BCUT2D eigenvalue weighted by molar-refractivity contribution is 5.92. The first kappa shape index (κ1) is 19.4. The van der Waals surface area contributed by atoms with Crippen LogP contribution in [0.2, 0.25) is 0 Å². The van der Waals surface area contributed by atoms with E-state index in [1.165, 1.54) is 0 Å². The zero-order valence-corrected chi connectivity index (χ0v) is 17.7. The van der Waals surface area contributed by atoms with Crippen molar-refractivity contribution in [3.05, 3.63) is 54.6 Å². The van der Waals surface area contributed by atoms with Crippen LogP contribution >= 0.6 is 0 Å². The molecule has 0 spiro atoms. The molecule has 158 valence electrons. The molecule has 3 heterocycles. The lowest BCUT2D eigenvalue weighted by molar-refractivity contribution is 0.246. The van der Waals surface area contributed by atoms with Gasteiger partial charge in [0.2, 0.25) is 0 Å². The number of para-hydroxylation sites is 2. The Kier molecular flexibility index (Phi) is 5.21. The lowest BCUT2D eigenvalue weighted by atomic mass is 10.2. The molecular formula is C23H24N6O2. The molecule has 31 heavy (non-hydrogen) atoms. The van der Waals surface area contributed by atoms with Gasteiger partial charge in [-0.15, -0.1) is 0 Å². The summed E-state index contributed by atoms with van der Waals surface area (Å²) in [6, 6.07) is 11.8. The van der Waals surface area contributed by atoms with Crippen LogP contribution in [0.5, 0.6) is 11.5 Å². The van der Waals surface area contributed by atoms with E-state index < -0.39 is 0 Å². The van der Waals surface area contributed by atoms with Gasteiger partial charge in [0.1, 0.15) is 12.1 Å². The third-order valence-electron chi connectivity index (χ3n) is 5.68. The average Bonchev–Trinajstić information content (AvgIpc) is 2.83. The minimum Gasteiger partial charge on any atom is -0.493 e. The Bertz CT molecular complexity index is 1220. The number of piperazine rings is 1. The number of benzene rings is 2. The summed E-state index contributed by atoms with van der Waals surface area (Å²) in [5.74, 6) is 2.27. The van der Waals surface area contributed by atoms with Gasteiger partial charge in [0, 0.05) is 44.2 Å². The Morgan fingerprint density at radius 3 is 2.35 bits per heavy atom. The minimum atomic E-state index is 0.668. The van der Waals surface area contributed by atoms with Gasteiger partial charge in [-0.2, -0.15) is 0 Å². The standard InChI is InChI=1S/C23H24N6O2/c1-30-21-11-17-20(12-22(21)31-2)25-15-26-23(17)29-9-7-28(8-10-29)14-16-13-24-18-5-3-4-6-19(18)27-16/h3-6,11-13,15H,7-10,14H2,1-2H3. The highest BCUT2D eigenvalue weighted by Gasteiger charge is 2.21. The number of methoxy groups -OCH3 is 2. The number of ether oxygens (including phenoxy) is 2. The van der Waals surface area contributed by atoms with E-state index in [-0.39, 0.29) is 0 Å². The number of rotatable bonds is 5. The van der Waals surface area contributed by atoms with Gasteiger partial charge in [-0.25, -0.2) is 15.0 Å². The molecule has 1 saturated heterocycles. The second-order valence-corrected chi connectivity index (χ2v) is 7.53. The maximum atomic E-state index is 5.48. The molecule has 0 saturated carbocycles. The van der Waals surface area contributed by atoms with E-state index >= 15 is 0 Å². The van der Waals surface area contributed by atoms with Crippen LogP contribution in [0.3, 0.4) is 0 Å². The quantitative estimate of drug-likeness (QED) is 0.492. The van der Waals surface area contributed by atoms with Crippen LogP contribution in [0.25, 0.3) is 21.9 Å². The molecular weight excluding hydrogens is 392 g/mol. The monoisotopic (exact) mass is 416 g/mol. The number of nitrogens with zero attached hydrogens (tertiary/aromatic N) is 6. The molecule has 1 aliphatic heterocycles. The van der Waals surface area contributed by atoms with E-state index in [1.807, 2.05) is 42.6 Å². The summed E-state index contributed by atoms with van der Waals surface area (Å²) < 4.78 is 10.9. The molecule has 5 rings (SSSR count). The van der Waals surface area contributed by atoms with E-state index in [0.717, 1.165) is 66.2 Å². The molecule has 2 aromatic carbocycles. The van der Waals surface area contributed by atoms with Gasteiger partial charge >= 0.3 is 0 Å². The van der Waals surface area contributed by atoms with Crippen molar-refractivity contribution in [3.8, 4) is 11.5 Å². The van der Waals surface area contributed by atoms with Crippen LogP contribution in [0.1, 0.15) is 5.69 Å². The molecule has 0 aliphatic carbocycles. The number of hydrogen-bond donors (Lipinski definition) is 0. The Hall–Kier alpha value is -3.52. The zero-order valence-electron chi connectivity index (χ0n) is 17.7. The van der Waals surface area contributed by atoms with Crippen molar-refractivity contribution in [3.63, 3.8) is 0 Å². The molecule has 1 aliphatic rings. The molecule has 0 unspecified atom stereocenters. The molecule has 4 aromatic rings. The van der Waals surface area contributed by atoms with E-state index in [4.69, 9.17) is 14.5 Å². The molecule has 0 radical (unpaired) electrons. The first-order valence-corrected chi connectivity index (χ1v) is 10.3. The van der Waals surface area contributed by atoms with Crippen molar-refractivity contribution >= 4 is 27.8 Å². The van der Waals surface area contributed by atoms with Gasteiger partial charge in [-0.3, -0.25) is 9.88 Å². The van der Waals surface area contributed by atoms with E-state index in [1.54, 1.807) is 20.5 Å². The maximum absolute atomic E-state index is 5.48. The maximum Gasteiger partial charge on any atom is 0.162 e. The van der Waals surface area contributed by atoms with Gasteiger partial charge in [-0.1, -0.05) is 12.1 Å². The highest BCUT2D eigenvalue weighted by Crippen LogP contribution is 2.34. The van der Waals surface area contributed by atoms with Gasteiger partial charge < -0.3 is 14.4 Å². The third-order valence-corrected chi connectivity index (χ3v) is 5.68. The SMILES string of the molecule is COc1cc2ncnc(N3CCN(Cc4cnc5ccccc5n4)CC3)c2cc1OC. The first-order chi connectivity index (χ1) is 15.2. The number of aromatic nitrogens is 4. The summed E-state index contributed by atoms with van der Waals surface area (Å²) in [6.07, 6.45) is 3.49. The lowest BCUT2D eigenvalue weighted by Crippen LogP contribution is -2.46. The lowest BCUT2D eigenvalue weighted by Gasteiger charge is -2.35. The number of fused-ring (bicyclic) bond motifs is 2. The van der Waals surface area contributed by atoms with Crippen LogP contribution in [0.4, 0.5) is 5.82 Å². The fourth-order valence-corrected chi connectivity index (χ4v) is 4.04. The van der Waals surface area contributed by atoms with Gasteiger partial charge in [0.15, 0.2) is 11.5 Å². The molecule has 8 nitrogen and oxygen atoms in total. The van der Waals surface area contributed by atoms with Gasteiger partial charge in [0.05, 0.1) is 42.7 Å². The summed E-state index contributed by atoms with van der Waals surface area (Å²) >= 11 is 0. The molecule has 0 bridgehead atoms. The van der Waals surface area contributed by atoms with Crippen molar-refractivity contribution in [2.75, 3.05) is 45.3 Å².